The summed E-state index contributed by atoms with van der Waals surface area (Å²) in [7, 11) is 0. The normalized spacial score (nSPS) is 17.1. The number of amides is 1. The number of rotatable bonds is 3. The highest BCUT2D eigenvalue weighted by molar-refractivity contribution is 5.91. The molecule has 0 saturated carbocycles. The minimum Gasteiger partial charge on any atom is -0.460 e. The number of piperazine rings is 1. The van der Waals surface area contributed by atoms with Crippen LogP contribution in [0.25, 0.3) is 0 Å². The number of ether oxygens (including phenoxy) is 1. The maximum atomic E-state index is 11.6. The second-order valence-electron chi connectivity index (χ2n) is 3.05. The van der Waals surface area contributed by atoms with Gasteiger partial charge in [0.2, 0.25) is 0 Å². The molecule has 1 rings (SSSR count). The summed E-state index contributed by atoms with van der Waals surface area (Å²) in [5.41, 5.74) is 0. The Balaban J connectivity index is 2.42. The number of nitrogens with zero attached hydrogens (tertiary/aromatic N) is 1. The Morgan fingerprint density at radius 1 is 1.50 bits per heavy atom. The van der Waals surface area contributed by atoms with Gasteiger partial charge in [0, 0.05) is 26.2 Å². The fourth-order valence-electron chi connectivity index (χ4n) is 1.24. The molecular formula is C10H16N2O2. The summed E-state index contributed by atoms with van der Waals surface area (Å²) in [6, 6.07) is 0. The van der Waals surface area contributed by atoms with E-state index in [0.717, 1.165) is 26.2 Å². The van der Waals surface area contributed by atoms with E-state index < -0.39 is 0 Å². The van der Waals surface area contributed by atoms with Gasteiger partial charge in [-0.25, -0.2) is 0 Å². The maximum absolute atomic E-state index is 11.6. The molecule has 0 radical (unpaired) electrons. The van der Waals surface area contributed by atoms with Crippen molar-refractivity contribution in [3.05, 3.63) is 24.7 Å². The van der Waals surface area contributed by atoms with Crippen LogP contribution in [0.4, 0.5) is 0 Å². The first-order valence-electron chi connectivity index (χ1n) is 4.72. The molecule has 0 unspecified atom stereocenters. The lowest BCUT2D eigenvalue weighted by Crippen LogP contribution is -2.46. The Bertz CT molecular complexity index is 243. The number of carbonyl (C=O) groups is 1. The van der Waals surface area contributed by atoms with Crippen molar-refractivity contribution in [2.24, 2.45) is 0 Å². The largest absolute Gasteiger partial charge is 0.460 e. The van der Waals surface area contributed by atoms with E-state index in [1.807, 2.05) is 6.92 Å². The molecule has 0 aromatic heterocycles. The van der Waals surface area contributed by atoms with E-state index >= 15 is 0 Å². The van der Waals surface area contributed by atoms with Crippen molar-refractivity contribution in [2.45, 2.75) is 6.92 Å². The van der Waals surface area contributed by atoms with Gasteiger partial charge in [-0.3, -0.25) is 4.79 Å². The first kappa shape index (κ1) is 10.8. The molecule has 0 aromatic carbocycles. The van der Waals surface area contributed by atoms with E-state index in [2.05, 4.69) is 11.9 Å². The van der Waals surface area contributed by atoms with Crippen LogP contribution in [0.1, 0.15) is 6.92 Å². The third kappa shape index (κ3) is 2.88. The first-order valence-corrected chi connectivity index (χ1v) is 4.72. The number of carbonyl (C=O) groups excluding carboxylic acids is 1. The van der Waals surface area contributed by atoms with Gasteiger partial charge in [0.25, 0.3) is 5.91 Å². The molecule has 78 valence electrons. The van der Waals surface area contributed by atoms with Gasteiger partial charge >= 0.3 is 0 Å². The number of allylic oxidation sites excluding steroid dienone is 1. The molecule has 1 N–H and O–H groups in total. The highest BCUT2D eigenvalue weighted by Gasteiger charge is 2.19. The minimum atomic E-state index is -0.121. The Morgan fingerprint density at radius 2 is 2.14 bits per heavy atom. The first-order chi connectivity index (χ1) is 6.75. The molecule has 0 atom stereocenters. The van der Waals surface area contributed by atoms with Crippen LogP contribution in [0.2, 0.25) is 0 Å². The Kier molecular flexibility index (Phi) is 4.19. The van der Waals surface area contributed by atoms with Gasteiger partial charge in [0.1, 0.15) is 0 Å². The van der Waals surface area contributed by atoms with Gasteiger partial charge in [-0.05, 0) is 6.92 Å². The van der Waals surface area contributed by atoms with Gasteiger partial charge in [0.15, 0.2) is 5.76 Å². The van der Waals surface area contributed by atoms with Crippen molar-refractivity contribution in [1.82, 2.24) is 10.2 Å². The number of hydrogen-bond donors (Lipinski definition) is 1. The van der Waals surface area contributed by atoms with Gasteiger partial charge < -0.3 is 15.0 Å². The van der Waals surface area contributed by atoms with Gasteiger partial charge in [-0.1, -0.05) is 12.7 Å². The third-order valence-electron chi connectivity index (χ3n) is 1.99. The smallest absolute Gasteiger partial charge is 0.288 e. The number of hydrogen-bond acceptors (Lipinski definition) is 3. The predicted octanol–water partition coefficient (Wildman–Crippen LogP) is 0.482. The quantitative estimate of drug-likeness (QED) is 0.527. The second kappa shape index (κ2) is 5.44. The summed E-state index contributed by atoms with van der Waals surface area (Å²) < 4.78 is 5.02. The SMILES string of the molecule is C=C(O/C=C\C)C(=O)N1CCNCC1. The fraction of sp³-hybridized carbons (Fsp3) is 0.500. The zero-order chi connectivity index (χ0) is 10.4. The molecule has 14 heavy (non-hydrogen) atoms. The maximum Gasteiger partial charge on any atom is 0.288 e. The highest BCUT2D eigenvalue weighted by atomic mass is 16.5. The minimum absolute atomic E-state index is 0.121. The molecule has 1 aliphatic rings. The highest BCUT2D eigenvalue weighted by Crippen LogP contribution is 2.03. The molecule has 4 nitrogen and oxygen atoms in total. The van der Waals surface area contributed by atoms with Crippen molar-refractivity contribution in [3.63, 3.8) is 0 Å². The van der Waals surface area contributed by atoms with Crippen LogP contribution in [0.3, 0.4) is 0 Å². The monoisotopic (exact) mass is 196 g/mol. The molecule has 1 amide bonds. The second-order valence-corrected chi connectivity index (χ2v) is 3.05. The average molecular weight is 196 g/mol. The summed E-state index contributed by atoms with van der Waals surface area (Å²) in [5.74, 6) is 0.0644. The molecular weight excluding hydrogens is 180 g/mol. The molecule has 0 spiro atoms. The van der Waals surface area contributed by atoms with Crippen LogP contribution in [0.15, 0.2) is 24.7 Å². The van der Waals surface area contributed by atoms with Crippen LogP contribution in [0, 0.1) is 0 Å². The fourth-order valence-corrected chi connectivity index (χ4v) is 1.24. The zero-order valence-electron chi connectivity index (χ0n) is 8.45. The summed E-state index contributed by atoms with van der Waals surface area (Å²) in [6.45, 7) is 8.51. The molecule has 1 aliphatic heterocycles. The Hall–Kier alpha value is -1.29. The van der Waals surface area contributed by atoms with Crippen LogP contribution >= 0.6 is 0 Å². The lowest BCUT2D eigenvalue weighted by molar-refractivity contribution is -0.130. The van der Waals surface area contributed by atoms with E-state index in [9.17, 15) is 4.79 Å². The van der Waals surface area contributed by atoms with Crippen LogP contribution in [-0.4, -0.2) is 37.0 Å². The molecule has 1 saturated heterocycles. The summed E-state index contributed by atoms with van der Waals surface area (Å²) in [5, 5.41) is 3.17. The predicted molar refractivity (Wildman–Crippen MR) is 54.5 cm³/mol. The average Bonchev–Trinajstić information content (AvgIpc) is 2.26. The van der Waals surface area contributed by atoms with Gasteiger partial charge in [-0.2, -0.15) is 0 Å². The topological polar surface area (TPSA) is 41.6 Å². The van der Waals surface area contributed by atoms with Crippen molar-refractivity contribution < 1.29 is 9.53 Å². The molecule has 0 aromatic rings. The van der Waals surface area contributed by atoms with E-state index in [1.165, 1.54) is 6.26 Å². The van der Waals surface area contributed by atoms with Crippen molar-refractivity contribution in [2.75, 3.05) is 26.2 Å². The van der Waals surface area contributed by atoms with E-state index in [0.29, 0.717) is 0 Å². The van der Waals surface area contributed by atoms with Crippen LogP contribution < -0.4 is 5.32 Å². The van der Waals surface area contributed by atoms with E-state index in [4.69, 9.17) is 4.74 Å². The number of nitrogens with one attached hydrogen (secondary N) is 1. The lowest BCUT2D eigenvalue weighted by atomic mass is 10.3. The Morgan fingerprint density at radius 3 is 2.71 bits per heavy atom. The molecule has 0 aliphatic carbocycles. The summed E-state index contributed by atoms with van der Waals surface area (Å²) >= 11 is 0. The third-order valence-corrected chi connectivity index (χ3v) is 1.99. The van der Waals surface area contributed by atoms with Gasteiger partial charge in [0.05, 0.1) is 6.26 Å². The van der Waals surface area contributed by atoms with Crippen LogP contribution in [-0.2, 0) is 9.53 Å². The van der Waals surface area contributed by atoms with Crippen LogP contribution in [0.5, 0.6) is 0 Å². The zero-order valence-corrected chi connectivity index (χ0v) is 8.45. The lowest BCUT2D eigenvalue weighted by Gasteiger charge is -2.27. The molecule has 1 heterocycles. The van der Waals surface area contributed by atoms with Crippen molar-refractivity contribution in [1.29, 1.82) is 0 Å². The molecule has 0 bridgehead atoms. The summed E-state index contributed by atoms with van der Waals surface area (Å²) in [4.78, 5) is 13.4. The standard InChI is InChI=1S/C10H16N2O2/c1-3-8-14-9(2)10(13)12-6-4-11-5-7-12/h3,8,11H,2,4-7H2,1H3/b8-3-. The molecule has 1 fully saturated rings. The van der Waals surface area contributed by atoms with E-state index in [-0.39, 0.29) is 11.7 Å². The Labute approximate surface area is 84.2 Å². The molecule has 4 heteroatoms. The van der Waals surface area contributed by atoms with Crippen molar-refractivity contribution in [3.8, 4) is 0 Å². The van der Waals surface area contributed by atoms with Gasteiger partial charge in [-0.15, -0.1) is 0 Å². The van der Waals surface area contributed by atoms with E-state index in [1.54, 1.807) is 11.0 Å². The summed E-state index contributed by atoms with van der Waals surface area (Å²) in [6.07, 6.45) is 3.18. The van der Waals surface area contributed by atoms with Crippen molar-refractivity contribution >= 4 is 5.91 Å².